The van der Waals surface area contributed by atoms with E-state index in [1.807, 2.05) is 30.3 Å². The Labute approximate surface area is 254 Å². The molecule has 14 heteroatoms. The Morgan fingerprint density at radius 3 is 2.09 bits per heavy atom. The minimum atomic E-state index is -4.14. The molecule has 1 N–H and O–H groups in total. The number of benzene rings is 2. The highest BCUT2D eigenvalue weighted by molar-refractivity contribution is 5.72. The standard InChI is InChI=1S/C31H26F4N8O2/c32-23-4-9-27(28(33)15-23)30(45,19-43-20-38-39-40-43)31(34,35)29-10-3-22(16-37-29)21-1-6-25(7-2-21)41-11-13-42(14-12-41)26-8-5-24(18-44)36-17-26/h1-10,15-18,20,45H,11-14,19H2/t30-/m0/s1. The van der Waals surface area contributed by atoms with E-state index in [-0.39, 0.29) is 0 Å². The van der Waals surface area contributed by atoms with Crippen molar-refractivity contribution in [1.82, 2.24) is 30.2 Å². The van der Waals surface area contributed by atoms with Crippen LogP contribution in [0.25, 0.3) is 11.1 Å². The molecule has 0 radical (unpaired) electrons. The van der Waals surface area contributed by atoms with Gasteiger partial charge in [0.1, 0.15) is 29.3 Å². The summed E-state index contributed by atoms with van der Waals surface area (Å²) < 4.78 is 61.3. The lowest BCUT2D eigenvalue weighted by Crippen LogP contribution is -2.48. The number of carbonyl (C=O) groups is 1. The van der Waals surface area contributed by atoms with E-state index in [0.29, 0.717) is 23.6 Å². The van der Waals surface area contributed by atoms with Crippen LogP contribution in [0.2, 0.25) is 0 Å². The topological polar surface area (TPSA) is 113 Å². The summed E-state index contributed by atoms with van der Waals surface area (Å²) in [6.07, 6.45) is 4.65. The van der Waals surface area contributed by atoms with E-state index in [0.717, 1.165) is 72.3 Å². The van der Waals surface area contributed by atoms with Crippen LogP contribution in [0.4, 0.5) is 28.9 Å². The maximum absolute atomic E-state index is 16.0. The monoisotopic (exact) mass is 618 g/mol. The van der Waals surface area contributed by atoms with E-state index >= 15 is 8.78 Å². The number of carbonyl (C=O) groups excluding carboxylic acids is 1. The number of nitrogens with zero attached hydrogens (tertiary/aromatic N) is 8. The number of aromatic nitrogens is 6. The highest BCUT2D eigenvalue weighted by Gasteiger charge is 2.58. The molecule has 2 aromatic carbocycles. The molecule has 10 nitrogen and oxygen atoms in total. The molecule has 3 aromatic heterocycles. The third-order valence-electron chi connectivity index (χ3n) is 7.87. The van der Waals surface area contributed by atoms with Crippen LogP contribution in [-0.4, -0.2) is 67.7 Å². The van der Waals surface area contributed by atoms with Crippen molar-refractivity contribution >= 4 is 17.7 Å². The van der Waals surface area contributed by atoms with Gasteiger partial charge in [0.25, 0.3) is 0 Å². The fraction of sp³-hybridized carbons (Fsp3) is 0.226. The molecule has 1 atom stereocenters. The van der Waals surface area contributed by atoms with Crippen LogP contribution in [-0.2, 0) is 18.1 Å². The lowest BCUT2D eigenvalue weighted by atomic mass is 9.84. The number of hydrogen-bond donors (Lipinski definition) is 1. The molecule has 0 bridgehead atoms. The quantitative estimate of drug-likeness (QED) is 0.192. The van der Waals surface area contributed by atoms with Crippen LogP contribution in [0, 0.1) is 11.6 Å². The van der Waals surface area contributed by atoms with Gasteiger partial charge in [-0.05, 0) is 58.5 Å². The van der Waals surface area contributed by atoms with Crippen molar-refractivity contribution in [2.75, 3.05) is 36.0 Å². The average molecular weight is 619 g/mol. The van der Waals surface area contributed by atoms with Gasteiger partial charge in [0.05, 0.1) is 18.4 Å². The molecule has 230 valence electrons. The van der Waals surface area contributed by atoms with Crippen molar-refractivity contribution in [3.8, 4) is 11.1 Å². The number of aliphatic hydroxyl groups is 1. The van der Waals surface area contributed by atoms with Gasteiger partial charge in [0, 0.05) is 55.3 Å². The second-order valence-electron chi connectivity index (χ2n) is 10.6. The smallest absolute Gasteiger partial charge is 0.323 e. The van der Waals surface area contributed by atoms with E-state index in [1.165, 1.54) is 12.3 Å². The maximum Gasteiger partial charge on any atom is 0.323 e. The first-order valence-corrected chi connectivity index (χ1v) is 13.9. The first kappa shape index (κ1) is 29.8. The number of halogens is 4. The minimum absolute atomic E-state index is 0.388. The number of aldehydes is 1. The molecule has 0 amide bonds. The van der Waals surface area contributed by atoms with Gasteiger partial charge < -0.3 is 14.9 Å². The first-order chi connectivity index (χ1) is 21.7. The molecule has 5 aromatic rings. The summed E-state index contributed by atoms with van der Waals surface area (Å²) in [6, 6.07) is 15.6. The Morgan fingerprint density at radius 1 is 0.822 bits per heavy atom. The predicted molar refractivity (Wildman–Crippen MR) is 156 cm³/mol. The van der Waals surface area contributed by atoms with Gasteiger partial charge in [0.2, 0.25) is 0 Å². The number of tetrazole rings is 1. The van der Waals surface area contributed by atoms with Crippen LogP contribution >= 0.6 is 0 Å². The molecular weight excluding hydrogens is 592 g/mol. The Hall–Kier alpha value is -5.24. The summed E-state index contributed by atoms with van der Waals surface area (Å²) >= 11 is 0. The number of rotatable bonds is 9. The van der Waals surface area contributed by atoms with Crippen LogP contribution in [0.3, 0.4) is 0 Å². The number of pyridine rings is 2. The highest BCUT2D eigenvalue weighted by Crippen LogP contribution is 2.47. The van der Waals surface area contributed by atoms with Crippen molar-refractivity contribution in [1.29, 1.82) is 0 Å². The van der Waals surface area contributed by atoms with Gasteiger partial charge >= 0.3 is 5.92 Å². The fourth-order valence-electron chi connectivity index (χ4n) is 5.37. The van der Waals surface area contributed by atoms with Crippen LogP contribution in [0.5, 0.6) is 0 Å². The molecule has 0 aliphatic carbocycles. The number of alkyl halides is 2. The largest absolute Gasteiger partial charge is 0.377 e. The highest BCUT2D eigenvalue weighted by atomic mass is 19.3. The second-order valence-corrected chi connectivity index (χ2v) is 10.6. The van der Waals surface area contributed by atoms with Crippen molar-refractivity contribution < 1.29 is 27.5 Å². The van der Waals surface area contributed by atoms with Crippen molar-refractivity contribution in [2.45, 2.75) is 18.1 Å². The van der Waals surface area contributed by atoms with Crippen molar-refractivity contribution in [3.63, 3.8) is 0 Å². The van der Waals surface area contributed by atoms with Crippen LogP contribution in [0.1, 0.15) is 21.7 Å². The zero-order chi connectivity index (χ0) is 31.6. The summed E-state index contributed by atoms with van der Waals surface area (Å²) in [5.74, 6) is -6.48. The van der Waals surface area contributed by atoms with Gasteiger partial charge in [0.15, 0.2) is 11.9 Å². The molecule has 0 saturated carbocycles. The molecule has 1 aliphatic heterocycles. The summed E-state index contributed by atoms with van der Waals surface area (Å²) in [4.78, 5) is 23.4. The lowest BCUT2D eigenvalue weighted by Gasteiger charge is -2.37. The molecule has 1 aliphatic rings. The van der Waals surface area contributed by atoms with Gasteiger partial charge in [-0.2, -0.15) is 8.78 Å². The number of hydrogen-bond acceptors (Lipinski definition) is 9. The number of piperazine rings is 1. The predicted octanol–water partition coefficient (Wildman–Crippen LogP) is 4.23. The molecule has 6 rings (SSSR count). The van der Waals surface area contributed by atoms with Gasteiger partial charge in [-0.25, -0.2) is 13.5 Å². The average Bonchev–Trinajstić information content (AvgIpc) is 3.58. The Balaban J connectivity index is 1.18. The van der Waals surface area contributed by atoms with E-state index in [2.05, 4.69) is 35.3 Å². The molecule has 1 saturated heterocycles. The zero-order valence-electron chi connectivity index (χ0n) is 23.6. The SMILES string of the molecule is O=Cc1ccc(N2CCN(c3ccc(-c4ccc(C(F)(F)[C@](O)(Cn5cnnn5)c5ccc(F)cc5F)nc4)cc3)CC2)cn1. The summed E-state index contributed by atoms with van der Waals surface area (Å²) in [7, 11) is 0. The third-order valence-corrected chi connectivity index (χ3v) is 7.87. The molecule has 1 fully saturated rings. The van der Waals surface area contributed by atoms with Crippen molar-refractivity contribution in [3.05, 3.63) is 114 Å². The normalized spacial score (nSPS) is 15.1. The summed E-state index contributed by atoms with van der Waals surface area (Å²) in [6.45, 7) is 2.14. The van der Waals surface area contributed by atoms with Gasteiger partial charge in [-0.3, -0.25) is 14.8 Å². The fourth-order valence-corrected chi connectivity index (χ4v) is 5.37. The van der Waals surface area contributed by atoms with Crippen LogP contribution in [0.15, 0.2) is 85.5 Å². The first-order valence-electron chi connectivity index (χ1n) is 13.9. The Morgan fingerprint density at radius 2 is 1.51 bits per heavy atom. The maximum atomic E-state index is 16.0. The molecule has 0 unspecified atom stereocenters. The summed E-state index contributed by atoms with van der Waals surface area (Å²) in [5, 5.41) is 21.7. The molecule has 0 spiro atoms. The number of anilines is 2. The van der Waals surface area contributed by atoms with E-state index in [4.69, 9.17) is 0 Å². The second kappa shape index (κ2) is 12.0. The zero-order valence-corrected chi connectivity index (χ0v) is 23.6. The van der Waals surface area contributed by atoms with Crippen LogP contribution < -0.4 is 9.80 Å². The minimum Gasteiger partial charge on any atom is -0.377 e. The van der Waals surface area contributed by atoms with E-state index in [1.54, 1.807) is 12.3 Å². The Bertz CT molecular complexity index is 1760. The van der Waals surface area contributed by atoms with Crippen molar-refractivity contribution in [2.24, 2.45) is 0 Å². The molecular formula is C31H26F4N8O2. The van der Waals surface area contributed by atoms with Gasteiger partial charge in [-0.15, -0.1) is 5.10 Å². The van der Waals surface area contributed by atoms with Gasteiger partial charge in [-0.1, -0.05) is 18.2 Å². The molecule has 4 heterocycles. The Kier molecular flexibility index (Phi) is 7.97. The summed E-state index contributed by atoms with van der Waals surface area (Å²) in [5.41, 5.74) is -1.25. The lowest BCUT2D eigenvalue weighted by molar-refractivity contribution is -0.207. The third kappa shape index (κ3) is 5.83. The van der Waals surface area contributed by atoms with E-state index in [9.17, 15) is 18.7 Å². The molecule has 45 heavy (non-hydrogen) atoms. The van der Waals surface area contributed by atoms with E-state index < -0.39 is 41.0 Å².